The molecule has 0 heterocycles. The molecule has 6 nitrogen and oxygen atoms in total. The average Bonchev–Trinajstić information content (AvgIpc) is 3.53. The molecule has 7 heteroatoms. The van der Waals surface area contributed by atoms with Crippen LogP contribution in [0.1, 0.15) is 25.3 Å². The number of ether oxygens (including phenoxy) is 2. The summed E-state index contributed by atoms with van der Waals surface area (Å²) >= 11 is 5.92. The van der Waals surface area contributed by atoms with Gasteiger partial charge in [-0.15, -0.1) is 0 Å². The van der Waals surface area contributed by atoms with Crippen molar-refractivity contribution in [1.29, 1.82) is 0 Å². The minimum atomic E-state index is -0.719. The fourth-order valence-corrected chi connectivity index (χ4v) is 3.24. The van der Waals surface area contributed by atoms with Gasteiger partial charge in [0.2, 0.25) is 0 Å². The Hall–Kier alpha value is -2.86. The lowest BCUT2D eigenvalue weighted by atomic mass is 9.96. The molecule has 0 aliphatic heterocycles. The second kappa shape index (κ2) is 9.09. The third kappa shape index (κ3) is 4.95. The van der Waals surface area contributed by atoms with E-state index >= 15 is 0 Å². The second-order valence-electron chi connectivity index (χ2n) is 6.79. The Morgan fingerprint density at radius 2 is 1.66 bits per heavy atom. The molecule has 0 aromatic heterocycles. The van der Waals surface area contributed by atoms with E-state index in [0.717, 1.165) is 5.56 Å². The van der Waals surface area contributed by atoms with Gasteiger partial charge in [-0.1, -0.05) is 41.9 Å². The van der Waals surface area contributed by atoms with Crippen LogP contribution in [0.4, 0.5) is 5.69 Å². The highest BCUT2D eigenvalue weighted by atomic mass is 35.5. The van der Waals surface area contributed by atoms with E-state index in [0.29, 0.717) is 23.6 Å². The highest BCUT2D eigenvalue weighted by Crippen LogP contribution is 2.49. The second-order valence-corrected chi connectivity index (χ2v) is 7.22. The molecule has 0 radical (unpaired) electrons. The average molecular weight is 416 g/mol. The molecule has 0 atom stereocenters. The number of anilines is 1. The van der Waals surface area contributed by atoms with Crippen LogP contribution in [0.5, 0.6) is 0 Å². The molecule has 152 valence electrons. The van der Waals surface area contributed by atoms with E-state index in [1.165, 1.54) is 4.90 Å². The van der Waals surface area contributed by atoms with Crippen molar-refractivity contribution >= 4 is 35.1 Å². The lowest BCUT2D eigenvalue weighted by Gasteiger charge is -2.22. The van der Waals surface area contributed by atoms with Crippen LogP contribution < -0.4 is 4.90 Å². The lowest BCUT2D eigenvalue weighted by Crippen LogP contribution is -2.40. The minimum absolute atomic E-state index is 0.217. The lowest BCUT2D eigenvalue weighted by molar-refractivity contribution is -0.150. The third-order valence-corrected chi connectivity index (χ3v) is 5.08. The van der Waals surface area contributed by atoms with Crippen LogP contribution in [0, 0.1) is 0 Å². The number of hydrogen-bond donors (Lipinski definition) is 0. The van der Waals surface area contributed by atoms with Crippen LogP contribution in [0.25, 0.3) is 0 Å². The van der Waals surface area contributed by atoms with Crippen LogP contribution >= 0.6 is 11.6 Å². The molecule has 0 unspecified atom stereocenters. The standard InChI is InChI=1S/C22H22ClNO5/c1-2-28-20(26)14-24(18-6-4-3-5-7-18)19(25)15-29-21(27)22(12-13-22)16-8-10-17(23)11-9-16/h3-11H,2,12-15H2,1H3. The normalized spacial score (nSPS) is 14.0. The van der Waals surface area contributed by atoms with Crippen LogP contribution in [-0.4, -0.2) is 37.6 Å². The van der Waals surface area contributed by atoms with Crippen molar-refractivity contribution in [3.05, 3.63) is 65.2 Å². The van der Waals surface area contributed by atoms with E-state index in [4.69, 9.17) is 21.1 Å². The first kappa shape index (κ1) is 20.9. The summed E-state index contributed by atoms with van der Waals surface area (Å²) in [5.41, 5.74) is 0.634. The van der Waals surface area contributed by atoms with E-state index < -0.39 is 29.9 Å². The minimum Gasteiger partial charge on any atom is -0.465 e. The number of benzene rings is 2. The zero-order valence-corrected chi connectivity index (χ0v) is 16.9. The van der Waals surface area contributed by atoms with Gasteiger partial charge >= 0.3 is 11.9 Å². The maximum atomic E-state index is 12.7. The number of carbonyl (C=O) groups is 3. The number of carbonyl (C=O) groups excluding carboxylic acids is 3. The first-order valence-corrected chi connectivity index (χ1v) is 9.78. The Kier molecular flexibility index (Phi) is 6.54. The summed E-state index contributed by atoms with van der Waals surface area (Å²) in [4.78, 5) is 38.6. The number of nitrogens with zero attached hydrogens (tertiary/aromatic N) is 1. The molecule has 29 heavy (non-hydrogen) atoms. The fourth-order valence-electron chi connectivity index (χ4n) is 3.12. The number of amides is 1. The van der Waals surface area contributed by atoms with Crippen molar-refractivity contribution in [2.75, 3.05) is 24.7 Å². The number of rotatable bonds is 8. The number of esters is 2. The molecule has 1 fully saturated rings. The number of para-hydroxylation sites is 1. The molecular formula is C22H22ClNO5. The van der Waals surface area contributed by atoms with E-state index in [1.54, 1.807) is 61.5 Å². The van der Waals surface area contributed by atoms with Gasteiger partial charge in [-0.3, -0.25) is 19.3 Å². The van der Waals surface area contributed by atoms with Crippen molar-refractivity contribution in [1.82, 2.24) is 0 Å². The van der Waals surface area contributed by atoms with E-state index in [-0.39, 0.29) is 13.2 Å². The van der Waals surface area contributed by atoms with Gasteiger partial charge < -0.3 is 9.47 Å². The number of halogens is 1. The molecule has 2 aromatic carbocycles. The topological polar surface area (TPSA) is 72.9 Å². The van der Waals surface area contributed by atoms with E-state index in [1.807, 2.05) is 0 Å². The van der Waals surface area contributed by atoms with Crippen molar-refractivity contribution in [2.45, 2.75) is 25.2 Å². The largest absolute Gasteiger partial charge is 0.465 e. The van der Waals surface area contributed by atoms with Crippen molar-refractivity contribution < 1.29 is 23.9 Å². The Morgan fingerprint density at radius 3 is 2.24 bits per heavy atom. The number of hydrogen-bond acceptors (Lipinski definition) is 5. The van der Waals surface area contributed by atoms with Gasteiger partial charge in [0, 0.05) is 10.7 Å². The summed E-state index contributed by atoms with van der Waals surface area (Å²) in [7, 11) is 0. The predicted molar refractivity (Wildman–Crippen MR) is 109 cm³/mol. The smallest absolute Gasteiger partial charge is 0.326 e. The van der Waals surface area contributed by atoms with Gasteiger partial charge in [-0.05, 0) is 49.6 Å². The monoisotopic (exact) mass is 415 g/mol. The summed E-state index contributed by atoms with van der Waals surface area (Å²) < 4.78 is 10.3. The molecule has 0 saturated heterocycles. The molecular weight excluding hydrogens is 394 g/mol. The summed E-state index contributed by atoms with van der Waals surface area (Å²) in [6.45, 7) is 1.20. The van der Waals surface area contributed by atoms with Crippen LogP contribution in [0.15, 0.2) is 54.6 Å². The molecule has 1 aliphatic rings. The SMILES string of the molecule is CCOC(=O)CN(C(=O)COC(=O)C1(c2ccc(Cl)cc2)CC1)c1ccccc1. The van der Waals surface area contributed by atoms with Gasteiger partial charge in [0.15, 0.2) is 6.61 Å². The van der Waals surface area contributed by atoms with Gasteiger partial charge in [0.1, 0.15) is 6.54 Å². The van der Waals surface area contributed by atoms with Crippen molar-refractivity contribution in [3.63, 3.8) is 0 Å². The van der Waals surface area contributed by atoms with Crippen LogP contribution in [0.2, 0.25) is 5.02 Å². The third-order valence-electron chi connectivity index (χ3n) is 4.83. The summed E-state index contributed by atoms with van der Waals surface area (Å²) in [6.07, 6.45) is 1.32. The highest BCUT2D eigenvalue weighted by molar-refractivity contribution is 6.30. The van der Waals surface area contributed by atoms with Crippen LogP contribution in [-0.2, 0) is 29.3 Å². The summed E-state index contributed by atoms with van der Waals surface area (Å²) in [5, 5.41) is 0.588. The quantitative estimate of drug-likeness (QED) is 0.617. The molecule has 1 aliphatic carbocycles. The van der Waals surface area contributed by atoms with E-state index in [9.17, 15) is 14.4 Å². The first-order valence-electron chi connectivity index (χ1n) is 9.40. The Labute approximate surface area is 174 Å². The van der Waals surface area contributed by atoms with Gasteiger partial charge in [-0.25, -0.2) is 0 Å². The van der Waals surface area contributed by atoms with Crippen LogP contribution in [0.3, 0.4) is 0 Å². The summed E-state index contributed by atoms with van der Waals surface area (Å²) in [6, 6.07) is 15.8. The molecule has 2 aromatic rings. The summed E-state index contributed by atoms with van der Waals surface area (Å²) in [5.74, 6) is -1.47. The predicted octanol–water partition coefficient (Wildman–Crippen LogP) is 3.51. The Morgan fingerprint density at radius 1 is 1.00 bits per heavy atom. The van der Waals surface area contributed by atoms with E-state index in [2.05, 4.69) is 0 Å². The van der Waals surface area contributed by atoms with Gasteiger partial charge in [-0.2, -0.15) is 0 Å². The Balaban J connectivity index is 1.67. The molecule has 0 N–H and O–H groups in total. The fraction of sp³-hybridized carbons (Fsp3) is 0.318. The maximum Gasteiger partial charge on any atom is 0.326 e. The molecule has 1 amide bonds. The molecule has 1 saturated carbocycles. The Bertz CT molecular complexity index is 878. The van der Waals surface area contributed by atoms with Gasteiger partial charge in [0.05, 0.1) is 12.0 Å². The van der Waals surface area contributed by atoms with Crippen molar-refractivity contribution in [3.8, 4) is 0 Å². The zero-order valence-electron chi connectivity index (χ0n) is 16.1. The molecule has 0 spiro atoms. The maximum absolute atomic E-state index is 12.7. The highest BCUT2D eigenvalue weighted by Gasteiger charge is 2.53. The van der Waals surface area contributed by atoms with Gasteiger partial charge in [0.25, 0.3) is 5.91 Å². The molecule has 0 bridgehead atoms. The zero-order chi connectivity index (χ0) is 20.9. The van der Waals surface area contributed by atoms with Crippen molar-refractivity contribution in [2.24, 2.45) is 0 Å². The molecule has 3 rings (SSSR count). The first-order chi connectivity index (χ1) is 14.0.